The van der Waals surface area contributed by atoms with Crippen molar-refractivity contribution in [3.8, 4) is 0 Å². The highest BCUT2D eigenvalue weighted by Crippen LogP contribution is 2.53. The molecule has 1 heterocycles. The van der Waals surface area contributed by atoms with E-state index in [9.17, 15) is 0 Å². The van der Waals surface area contributed by atoms with Crippen LogP contribution in [0.3, 0.4) is 0 Å². The molecule has 4 heteroatoms. The van der Waals surface area contributed by atoms with E-state index in [0.29, 0.717) is 17.6 Å². The van der Waals surface area contributed by atoms with E-state index in [1.54, 1.807) is 7.11 Å². The molecule has 0 radical (unpaired) electrons. The van der Waals surface area contributed by atoms with Crippen LogP contribution in [-0.2, 0) is 4.74 Å². The van der Waals surface area contributed by atoms with Gasteiger partial charge in [0.25, 0.3) is 5.17 Å². The third-order valence-electron chi connectivity index (χ3n) is 3.69. The van der Waals surface area contributed by atoms with Crippen molar-refractivity contribution >= 4 is 17.4 Å². The molecule has 2 fully saturated rings. The first kappa shape index (κ1) is 9.21. The summed E-state index contributed by atoms with van der Waals surface area (Å²) < 4.78 is 5.25. The number of nitrogens with zero attached hydrogens (tertiary/aromatic N) is 1. The maximum atomic E-state index is 9.14. The zero-order valence-corrected chi connectivity index (χ0v) is 8.80. The average molecular weight is 201 g/mol. The first-order valence-electron chi connectivity index (χ1n) is 4.61. The van der Waals surface area contributed by atoms with Crippen LogP contribution in [-0.4, -0.2) is 41.0 Å². The molecule has 0 aromatic carbocycles. The minimum atomic E-state index is 0.0407. The van der Waals surface area contributed by atoms with Crippen molar-refractivity contribution in [1.82, 2.24) is 4.90 Å². The van der Waals surface area contributed by atoms with Crippen molar-refractivity contribution in [3.05, 3.63) is 0 Å². The van der Waals surface area contributed by atoms with E-state index in [-0.39, 0.29) is 5.17 Å². The van der Waals surface area contributed by atoms with Crippen molar-refractivity contribution in [2.75, 3.05) is 13.7 Å². The van der Waals surface area contributed by atoms with Crippen LogP contribution in [0.15, 0.2) is 0 Å². The van der Waals surface area contributed by atoms with Gasteiger partial charge in [0.1, 0.15) is 0 Å². The molecule has 1 atom stereocenters. The number of aliphatic hydroxyl groups excluding tert-OH is 1. The van der Waals surface area contributed by atoms with Crippen LogP contribution in [0.5, 0.6) is 0 Å². The Morgan fingerprint density at radius 3 is 2.62 bits per heavy atom. The summed E-state index contributed by atoms with van der Waals surface area (Å²) in [6.45, 7) is 3.03. The van der Waals surface area contributed by atoms with Crippen LogP contribution in [0.25, 0.3) is 0 Å². The van der Waals surface area contributed by atoms with Gasteiger partial charge in [-0.1, -0.05) is 0 Å². The number of aliphatic hydroxyl groups is 1. The summed E-state index contributed by atoms with van der Waals surface area (Å²) in [7, 11) is 1.76. The smallest absolute Gasteiger partial charge is 0.257 e. The van der Waals surface area contributed by atoms with E-state index >= 15 is 0 Å². The van der Waals surface area contributed by atoms with Crippen molar-refractivity contribution < 1.29 is 9.84 Å². The molecular weight excluding hydrogens is 186 g/mol. The van der Waals surface area contributed by atoms with Gasteiger partial charge >= 0.3 is 0 Å². The van der Waals surface area contributed by atoms with E-state index in [0.717, 1.165) is 19.4 Å². The number of thiocarbonyl (C=S) groups is 1. The molecule has 2 rings (SSSR count). The fourth-order valence-corrected chi connectivity index (χ4v) is 2.77. The predicted octanol–water partition coefficient (Wildman–Crippen LogP) is 1.33. The van der Waals surface area contributed by atoms with Gasteiger partial charge in [-0.15, -0.1) is 0 Å². The molecule has 1 unspecified atom stereocenters. The molecule has 0 amide bonds. The lowest BCUT2D eigenvalue weighted by molar-refractivity contribution is -0.156. The fourth-order valence-electron chi connectivity index (χ4n) is 2.54. The maximum Gasteiger partial charge on any atom is 0.257 e. The molecule has 74 valence electrons. The summed E-state index contributed by atoms with van der Waals surface area (Å²) in [5.74, 6) is 0. The number of methoxy groups -OCH3 is 1. The van der Waals surface area contributed by atoms with E-state index in [1.165, 1.54) is 0 Å². The van der Waals surface area contributed by atoms with Gasteiger partial charge in [0.05, 0.1) is 6.10 Å². The molecule has 13 heavy (non-hydrogen) atoms. The van der Waals surface area contributed by atoms with E-state index in [1.807, 2.05) is 4.90 Å². The summed E-state index contributed by atoms with van der Waals surface area (Å²) in [5.41, 5.74) is 0.382. The summed E-state index contributed by atoms with van der Waals surface area (Å²) in [5, 5.41) is 9.18. The molecule has 2 aliphatic rings. The third-order valence-corrected chi connectivity index (χ3v) is 3.92. The highest BCUT2D eigenvalue weighted by atomic mass is 32.1. The Bertz CT molecular complexity index is 238. The Morgan fingerprint density at radius 1 is 1.62 bits per heavy atom. The Labute approximate surface area is 83.7 Å². The first-order chi connectivity index (χ1) is 6.09. The average Bonchev–Trinajstić information content (AvgIpc) is 1.99. The minimum Gasteiger partial charge on any atom is -0.486 e. The van der Waals surface area contributed by atoms with Gasteiger partial charge in [0.15, 0.2) is 0 Å². The standard InChI is InChI=1S/C9H15NO2S/c1-6-9(3-7(4-9)12-2)5-10(6)8(11)13/h6-7H,3-5H2,1-2H3,(H,11,13)/t6?,7-,9-. The Balaban J connectivity index is 1.91. The zero-order chi connectivity index (χ0) is 9.64. The van der Waals surface area contributed by atoms with Crippen LogP contribution in [0, 0.1) is 5.41 Å². The minimum absolute atomic E-state index is 0.0407. The van der Waals surface area contributed by atoms with Crippen LogP contribution >= 0.6 is 12.2 Å². The molecule has 1 spiro atoms. The van der Waals surface area contributed by atoms with Crippen LogP contribution in [0.2, 0.25) is 0 Å². The molecule has 1 aliphatic carbocycles. The van der Waals surface area contributed by atoms with Crippen molar-refractivity contribution in [2.24, 2.45) is 5.41 Å². The lowest BCUT2D eigenvalue weighted by atomic mass is 9.57. The molecule has 0 bridgehead atoms. The summed E-state index contributed by atoms with van der Waals surface area (Å²) >= 11 is 4.73. The first-order valence-corrected chi connectivity index (χ1v) is 5.02. The highest BCUT2D eigenvalue weighted by Gasteiger charge is 2.58. The third kappa shape index (κ3) is 1.15. The van der Waals surface area contributed by atoms with Gasteiger partial charge in [-0.25, -0.2) is 0 Å². The summed E-state index contributed by atoms with van der Waals surface area (Å²) in [6, 6.07) is 0.386. The van der Waals surface area contributed by atoms with Crippen molar-refractivity contribution in [3.63, 3.8) is 0 Å². The SMILES string of the molecule is CO[C@H]1C[C@@]2(CN(C(O)=S)C2C)C1. The number of ether oxygens (including phenoxy) is 1. The maximum absolute atomic E-state index is 9.14. The Hall–Kier alpha value is -0.350. The van der Waals surface area contributed by atoms with Crippen molar-refractivity contribution in [2.45, 2.75) is 31.9 Å². The normalized spacial score (nSPS) is 42.8. The topological polar surface area (TPSA) is 32.7 Å². The van der Waals surface area contributed by atoms with Gasteiger partial charge in [-0.05, 0) is 32.0 Å². The fraction of sp³-hybridized carbons (Fsp3) is 0.889. The van der Waals surface area contributed by atoms with Crippen LogP contribution in [0.1, 0.15) is 19.8 Å². The van der Waals surface area contributed by atoms with Gasteiger partial charge in [0.2, 0.25) is 0 Å². The lowest BCUT2D eigenvalue weighted by Crippen LogP contribution is -2.70. The lowest BCUT2D eigenvalue weighted by Gasteiger charge is -2.63. The van der Waals surface area contributed by atoms with Gasteiger partial charge in [-0.3, -0.25) is 0 Å². The van der Waals surface area contributed by atoms with Crippen LogP contribution < -0.4 is 0 Å². The van der Waals surface area contributed by atoms with Gasteiger partial charge in [0, 0.05) is 25.1 Å². The second-order valence-electron chi connectivity index (χ2n) is 4.21. The monoisotopic (exact) mass is 201 g/mol. The molecule has 1 saturated carbocycles. The second kappa shape index (κ2) is 2.82. The Morgan fingerprint density at radius 2 is 2.23 bits per heavy atom. The number of rotatable bonds is 1. The summed E-state index contributed by atoms with van der Waals surface area (Å²) in [6.07, 6.45) is 2.66. The van der Waals surface area contributed by atoms with Crippen LogP contribution in [0.4, 0.5) is 0 Å². The summed E-state index contributed by atoms with van der Waals surface area (Å²) in [4.78, 5) is 1.88. The number of hydrogen-bond donors (Lipinski definition) is 1. The molecular formula is C9H15NO2S. The molecule has 3 nitrogen and oxygen atoms in total. The van der Waals surface area contributed by atoms with E-state index in [4.69, 9.17) is 22.1 Å². The molecule has 1 aliphatic heterocycles. The quantitative estimate of drug-likeness (QED) is 0.649. The zero-order valence-electron chi connectivity index (χ0n) is 7.99. The van der Waals surface area contributed by atoms with Crippen molar-refractivity contribution in [1.29, 1.82) is 0 Å². The number of likely N-dealkylation sites (tertiary alicyclic amines) is 1. The Kier molecular flexibility index (Phi) is 2.00. The number of hydrogen-bond acceptors (Lipinski definition) is 2. The predicted molar refractivity (Wildman–Crippen MR) is 53.9 cm³/mol. The molecule has 1 saturated heterocycles. The largest absolute Gasteiger partial charge is 0.486 e. The molecule has 0 aromatic heterocycles. The molecule has 0 aromatic rings. The second-order valence-corrected chi connectivity index (χ2v) is 4.58. The highest BCUT2D eigenvalue weighted by molar-refractivity contribution is 7.79. The van der Waals surface area contributed by atoms with Gasteiger partial charge < -0.3 is 14.7 Å². The van der Waals surface area contributed by atoms with E-state index in [2.05, 4.69) is 6.92 Å². The molecule has 1 N–H and O–H groups in total. The van der Waals surface area contributed by atoms with E-state index < -0.39 is 0 Å². The van der Waals surface area contributed by atoms with Gasteiger partial charge in [-0.2, -0.15) is 0 Å².